The third-order valence-electron chi connectivity index (χ3n) is 17.1. The van der Waals surface area contributed by atoms with E-state index in [0.29, 0.717) is 6.42 Å². The summed E-state index contributed by atoms with van der Waals surface area (Å²) in [6.07, 6.45) is 78.0. The summed E-state index contributed by atoms with van der Waals surface area (Å²) in [4.78, 5) is 13.1. The zero-order valence-electron chi connectivity index (χ0n) is 54.0. The summed E-state index contributed by atoms with van der Waals surface area (Å²) >= 11 is 0. The lowest BCUT2D eigenvalue weighted by molar-refractivity contribution is -0.302. The second-order valence-electron chi connectivity index (χ2n) is 25.0. The molecule has 0 aromatic heterocycles. The van der Waals surface area contributed by atoms with Crippen LogP contribution in [-0.2, 0) is 14.3 Å². The van der Waals surface area contributed by atoms with Crippen LogP contribution in [0, 0.1) is 0 Å². The first-order valence-corrected chi connectivity index (χ1v) is 35.9. The fourth-order valence-corrected chi connectivity index (χ4v) is 11.5. The molecule has 0 saturated carbocycles. The Hall–Kier alpha value is -1.85. The number of aliphatic hydroxyl groups excluding tert-OH is 5. The highest BCUT2D eigenvalue weighted by atomic mass is 16.7. The number of carbonyl (C=O) groups is 1. The van der Waals surface area contributed by atoms with E-state index in [-0.39, 0.29) is 12.5 Å². The highest BCUT2D eigenvalue weighted by Gasteiger charge is 2.44. The van der Waals surface area contributed by atoms with Crippen LogP contribution in [0.5, 0.6) is 0 Å². The second kappa shape index (κ2) is 62.2. The van der Waals surface area contributed by atoms with Gasteiger partial charge in [-0.25, -0.2) is 0 Å². The van der Waals surface area contributed by atoms with E-state index in [1.54, 1.807) is 6.08 Å². The van der Waals surface area contributed by atoms with Crippen LogP contribution in [0.25, 0.3) is 0 Å². The van der Waals surface area contributed by atoms with Gasteiger partial charge in [-0.3, -0.25) is 4.79 Å². The SMILES string of the molecule is CCCCCCC/C=C\C/C=C\CCCCCCCCCCCCCCCCCCCCCCCCCC(=O)NC(COC1OC(CO)C(O)C(O)C1O)C(O)/C=C/CC/C=C/CCCCCCCCCCCCCCCCCCCC. The Morgan fingerprint density at radius 3 is 1.10 bits per heavy atom. The van der Waals surface area contributed by atoms with Crippen LogP contribution in [0.2, 0.25) is 0 Å². The van der Waals surface area contributed by atoms with E-state index < -0.39 is 49.5 Å². The first-order chi connectivity index (χ1) is 40.3. The van der Waals surface area contributed by atoms with Gasteiger partial charge in [0.05, 0.1) is 25.4 Å². The van der Waals surface area contributed by atoms with Crippen molar-refractivity contribution in [2.75, 3.05) is 13.2 Å². The molecule has 1 aliphatic rings. The zero-order valence-corrected chi connectivity index (χ0v) is 54.0. The first kappa shape index (κ1) is 78.2. The van der Waals surface area contributed by atoms with Crippen molar-refractivity contribution in [3.8, 4) is 0 Å². The monoisotopic (exact) mass is 1160 g/mol. The highest BCUT2D eigenvalue weighted by Crippen LogP contribution is 2.23. The Labute approximate surface area is 507 Å². The molecule has 9 nitrogen and oxygen atoms in total. The van der Waals surface area contributed by atoms with Gasteiger partial charge in [0.15, 0.2) is 6.29 Å². The molecular weight excluding hydrogens is 1020 g/mol. The quantitative estimate of drug-likeness (QED) is 0.0261. The fraction of sp³-hybridized carbons (Fsp3) is 0.877. The lowest BCUT2D eigenvalue weighted by atomic mass is 9.99. The first-order valence-electron chi connectivity index (χ1n) is 35.9. The van der Waals surface area contributed by atoms with E-state index in [2.05, 4.69) is 55.6 Å². The number of unbranched alkanes of at least 4 members (excludes halogenated alkanes) is 47. The van der Waals surface area contributed by atoms with Gasteiger partial charge in [-0.1, -0.05) is 332 Å². The average molecular weight is 1160 g/mol. The number of hydrogen-bond donors (Lipinski definition) is 6. The van der Waals surface area contributed by atoms with Crippen molar-refractivity contribution in [2.45, 2.75) is 397 Å². The Balaban J connectivity index is 2.11. The van der Waals surface area contributed by atoms with Gasteiger partial charge in [-0.15, -0.1) is 0 Å². The largest absolute Gasteiger partial charge is 0.394 e. The molecule has 0 spiro atoms. The minimum atomic E-state index is -1.57. The number of nitrogens with one attached hydrogen (secondary N) is 1. The van der Waals surface area contributed by atoms with Crippen molar-refractivity contribution >= 4 is 5.91 Å². The molecule has 0 aliphatic carbocycles. The van der Waals surface area contributed by atoms with Crippen molar-refractivity contribution in [3.63, 3.8) is 0 Å². The van der Waals surface area contributed by atoms with Crippen molar-refractivity contribution in [1.82, 2.24) is 5.32 Å². The molecule has 1 saturated heterocycles. The van der Waals surface area contributed by atoms with Crippen LogP contribution < -0.4 is 5.32 Å². The predicted octanol–water partition coefficient (Wildman–Crippen LogP) is 19.6. The molecule has 82 heavy (non-hydrogen) atoms. The summed E-state index contributed by atoms with van der Waals surface area (Å²) in [7, 11) is 0. The van der Waals surface area contributed by atoms with Crippen LogP contribution in [0.15, 0.2) is 48.6 Å². The number of amides is 1. The molecule has 7 atom stereocenters. The van der Waals surface area contributed by atoms with E-state index in [1.807, 2.05) is 6.08 Å². The van der Waals surface area contributed by atoms with Gasteiger partial charge in [0.25, 0.3) is 0 Å². The summed E-state index contributed by atoms with van der Waals surface area (Å²) < 4.78 is 11.3. The number of carbonyl (C=O) groups excluding carboxylic acids is 1. The van der Waals surface area contributed by atoms with E-state index in [0.717, 1.165) is 44.9 Å². The number of ether oxygens (including phenoxy) is 2. The van der Waals surface area contributed by atoms with E-state index in [1.165, 1.54) is 289 Å². The minimum Gasteiger partial charge on any atom is -0.394 e. The maximum absolute atomic E-state index is 13.1. The van der Waals surface area contributed by atoms with Crippen molar-refractivity contribution in [3.05, 3.63) is 48.6 Å². The van der Waals surface area contributed by atoms with Gasteiger partial charge < -0.3 is 40.3 Å². The Morgan fingerprint density at radius 2 is 0.732 bits per heavy atom. The molecule has 7 unspecified atom stereocenters. The van der Waals surface area contributed by atoms with Gasteiger partial charge in [-0.2, -0.15) is 0 Å². The zero-order chi connectivity index (χ0) is 59.3. The molecule has 1 rings (SSSR count). The Kier molecular flexibility index (Phi) is 59.3. The van der Waals surface area contributed by atoms with Gasteiger partial charge in [0.2, 0.25) is 5.91 Å². The number of hydrogen-bond acceptors (Lipinski definition) is 8. The molecule has 6 N–H and O–H groups in total. The van der Waals surface area contributed by atoms with Crippen LogP contribution >= 0.6 is 0 Å². The lowest BCUT2D eigenvalue weighted by Crippen LogP contribution is -2.60. The molecule has 0 radical (unpaired) electrons. The standard InChI is InChI=1S/C73H137NO8/c1-3-5-7-9-11-13-15-17-19-21-23-25-27-29-30-31-32-33-34-35-36-37-38-39-41-43-45-47-49-51-53-55-57-59-61-63-69(77)74-66(65-81-73-72(80)71(79)70(78)68(64-75)82-73)67(76)62-60-58-56-54-52-50-48-46-44-42-40-28-26-24-22-20-18-16-14-12-10-8-6-4-2/h15,17,21,23,52,54,60,62,66-68,70-73,75-76,78-80H,3-14,16,18-20,22,24-51,53,55-59,61,63-65H2,1-2H3,(H,74,77)/b17-15-,23-21-,54-52+,62-60+. The average Bonchev–Trinajstić information content (AvgIpc) is 3.52. The number of allylic oxidation sites excluding steroid dienone is 7. The minimum absolute atomic E-state index is 0.180. The van der Waals surface area contributed by atoms with E-state index >= 15 is 0 Å². The molecular formula is C73H137NO8. The third kappa shape index (κ3) is 50.3. The lowest BCUT2D eigenvalue weighted by Gasteiger charge is -2.40. The van der Waals surface area contributed by atoms with Crippen molar-refractivity contribution in [2.24, 2.45) is 0 Å². The van der Waals surface area contributed by atoms with Gasteiger partial charge in [0, 0.05) is 6.42 Å². The molecule has 482 valence electrons. The maximum atomic E-state index is 13.1. The van der Waals surface area contributed by atoms with Gasteiger partial charge >= 0.3 is 0 Å². The molecule has 9 heteroatoms. The molecule has 0 aromatic carbocycles. The van der Waals surface area contributed by atoms with Crippen molar-refractivity contribution < 1.29 is 39.8 Å². The Bertz CT molecular complexity index is 1430. The molecule has 0 bridgehead atoms. The summed E-state index contributed by atoms with van der Waals surface area (Å²) in [6, 6.07) is -0.822. The normalized spacial score (nSPS) is 18.5. The van der Waals surface area contributed by atoms with Crippen molar-refractivity contribution in [1.29, 1.82) is 0 Å². The number of rotatable bonds is 63. The molecule has 1 fully saturated rings. The Morgan fingerprint density at radius 1 is 0.415 bits per heavy atom. The summed E-state index contributed by atoms with van der Waals surface area (Å²) in [5, 5.41) is 54.7. The summed E-state index contributed by atoms with van der Waals surface area (Å²) in [5.41, 5.74) is 0. The summed E-state index contributed by atoms with van der Waals surface area (Å²) in [5.74, 6) is -0.180. The van der Waals surface area contributed by atoms with Crippen LogP contribution in [0.3, 0.4) is 0 Å². The smallest absolute Gasteiger partial charge is 0.220 e. The van der Waals surface area contributed by atoms with E-state index in [4.69, 9.17) is 9.47 Å². The molecule has 1 amide bonds. The number of aliphatic hydroxyl groups is 5. The maximum Gasteiger partial charge on any atom is 0.220 e. The second-order valence-corrected chi connectivity index (χ2v) is 25.0. The van der Waals surface area contributed by atoms with E-state index in [9.17, 15) is 30.3 Å². The molecule has 0 aromatic rings. The van der Waals surface area contributed by atoms with Gasteiger partial charge in [-0.05, 0) is 64.2 Å². The summed E-state index contributed by atoms with van der Waals surface area (Å²) in [6.45, 7) is 3.80. The fourth-order valence-electron chi connectivity index (χ4n) is 11.5. The predicted molar refractivity (Wildman–Crippen MR) is 350 cm³/mol. The third-order valence-corrected chi connectivity index (χ3v) is 17.1. The van der Waals surface area contributed by atoms with Crippen LogP contribution in [0.4, 0.5) is 0 Å². The topological polar surface area (TPSA) is 149 Å². The van der Waals surface area contributed by atoms with Gasteiger partial charge in [0.1, 0.15) is 24.4 Å². The molecule has 1 heterocycles. The van der Waals surface area contributed by atoms with Crippen LogP contribution in [0.1, 0.15) is 354 Å². The van der Waals surface area contributed by atoms with Crippen LogP contribution in [-0.4, -0.2) is 87.5 Å². The molecule has 1 aliphatic heterocycles. The highest BCUT2D eigenvalue weighted by molar-refractivity contribution is 5.76.